The third kappa shape index (κ3) is 4.00. The van der Waals surface area contributed by atoms with Crippen molar-refractivity contribution in [2.45, 2.75) is 65.4 Å². The molecule has 3 atom stereocenters. The molecule has 5 nitrogen and oxygen atoms in total. The fourth-order valence-corrected chi connectivity index (χ4v) is 5.15. The van der Waals surface area contributed by atoms with Gasteiger partial charge in [0.1, 0.15) is 12.4 Å². The molecular formula is C25H31NO4. The van der Waals surface area contributed by atoms with Crippen LogP contribution in [0.25, 0.3) is 0 Å². The fourth-order valence-electron chi connectivity index (χ4n) is 5.15. The van der Waals surface area contributed by atoms with Crippen LogP contribution in [0.5, 0.6) is 0 Å². The van der Waals surface area contributed by atoms with Crippen molar-refractivity contribution in [1.29, 1.82) is 0 Å². The van der Waals surface area contributed by atoms with Gasteiger partial charge < -0.3 is 9.47 Å². The topological polar surface area (TPSA) is 65.0 Å². The molecule has 30 heavy (non-hydrogen) atoms. The van der Waals surface area contributed by atoms with Crippen molar-refractivity contribution in [3.63, 3.8) is 0 Å². The summed E-state index contributed by atoms with van der Waals surface area (Å²) in [5.74, 6) is -0.959. The van der Waals surface area contributed by atoms with Gasteiger partial charge in [0, 0.05) is 30.4 Å². The molecule has 0 amide bonds. The lowest BCUT2D eigenvalue weighted by Crippen LogP contribution is -2.44. The minimum absolute atomic E-state index is 0.0356. The van der Waals surface area contributed by atoms with Crippen molar-refractivity contribution in [3.8, 4) is 0 Å². The standard InChI is InChI=1S/C25H31NO4/c1-15-8-5-6-10-18(15)22-21(24(28)30-14-17-9-7-11-29-17)16(2)26-19-12-25(3,4)13-20(27)23(19)22/h5-6,8,10,17,22-23H,7,9,11-14H2,1-4H3/t17-,22-,23?/m1/s1. The van der Waals surface area contributed by atoms with Crippen molar-refractivity contribution < 1.29 is 19.1 Å². The maximum Gasteiger partial charge on any atom is 0.336 e. The van der Waals surface area contributed by atoms with Gasteiger partial charge in [-0.05, 0) is 49.7 Å². The van der Waals surface area contributed by atoms with E-state index in [2.05, 4.69) is 13.8 Å². The molecule has 2 aliphatic heterocycles. The molecule has 1 saturated carbocycles. The van der Waals surface area contributed by atoms with Crippen LogP contribution in [-0.2, 0) is 19.1 Å². The first-order chi connectivity index (χ1) is 14.3. The zero-order chi connectivity index (χ0) is 21.5. The molecule has 1 aromatic carbocycles. The number of Topliss-reactive ketones (excluding diaryl/α,β-unsaturated/α-hetero) is 1. The second-order valence-corrected chi connectivity index (χ2v) is 9.63. The molecule has 2 fully saturated rings. The Morgan fingerprint density at radius 2 is 1.97 bits per heavy atom. The van der Waals surface area contributed by atoms with Gasteiger partial charge in [-0.15, -0.1) is 0 Å². The van der Waals surface area contributed by atoms with Crippen molar-refractivity contribution in [3.05, 3.63) is 46.7 Å². The summed E-state index contributed by atoms with van der Waals surface area (Å²) in [5, 5.41) is 0. The highest BCUT2D eigenvalue weighted by atomic mass is 16.6. The van der Waals surface area contributed by atoms with Crippen molar-refractivity contribution in [2.75, 3.05) is 13.2 Å². The van der Waals surface area contributed by atoms with E-state index < -0.39 is 5.92 Å². The highest BCUT2D eigenvalue weighted by Gasteiger charge is 2.48. The number of carbonyl (C=O) groups is 2. The first-order valence-corrected chi connectivity index (χ1v) is 10.9. The predicted molar refractivity (Wildman–Crippen MR) is 116 cm³/mol. The molecular weight excluding hydrogens is 378 g/mol. The SMILES string of the molecule is CC1=C(C(=O)OC[C@H]2CCCO2)[C@@H](c2ccccc2C)C2C(=O)CC(C)(C)CC2=N1. The summed E-state index contributed by atoms with van der Waals surface area (Å²) in [6.07, 6.45) is 3.13. The Kier molecular flexibility index (Phi) is 5.67. The number of esters is 1. The van der Waals surface area contributed by atoms with Gasteiger partial charge in [0.05, 0.1) is 17.6 Å². The number of carbonyl (C=O) groups excluding carboxylic acids is 2. The van der Waals surface area contributed by atoms with Crippen LogP contribution in [0.2, 0.25) is 0 Å². The summed E-state index contributed by atoms with van der Waals surface area (Å²) >= 11 is 0. The van der Waals surface area contributed by atoms with E-state index in [1.807, 2.05) is 38.1 Å². The second kappa shape index (κ2) is 8.10. The van der Waals surface area contributed by atoms with Gasteiger partial charge in [-0.2, -0.15) is 0 Å². The zero-order valence-electron chi connectivity index (χ0n) is 18.4. The molecule has 1 unspecified atom stereocenters. The largest absolute Gasteiger partial charge is 0.460 e. The number of hydrogen-bond acceptors (Lipinski definition) is 5. The van der Waals surface area contributed by atoms with Crippen LogP contribution in [0.3, 0.4) is 0 Å². The highest BCUT2D eigenvalue weighted by Crippen LogP contribution is 2.47. The van der Waals surface area contributed by atoms with Crippen molar-refractivity contribution >= 4 is 17.5 Å². The normalized spacial score (nSPS) is 28.2. The molecule has 1 aliphatic carbocycles. The monoisotopic (exact) mass is 409 g/mol. The maximum absolute atomic E-state index is 13.3. The van der Waals surface area contributed by atoms with E-state index in [-0.39, 0.29) is 35.8 Å². The molecule has 0 N–H and O–H groups in total. The number of aryl methyl sites for hydroxylation is 1. The van der Waals surface area contributed by atoms with Crippen LogP contribution >= 0.6 is 0 Å². The molecule has 1 aromatic rings. The molecule has 2 heterocycles. The minimum Gasteiger partial charge on any atom is -0.460 e. The molecule has 0 spiro atoms. The second-order valence-electron chi connectivity index (χ2n) is 9.63. The Bertz CT molecular complexity index is 921. The summed E-state index contributed by atoms with van der Waals surface area (Å²) in [7, 11) is 0. The van der Waals surface area contributed by atoms with Gasteiger partial charge in [0.15, 0.2) is 0 Å². The van der Waals surface area contributed by atoms with Crippen LogP contribution in [0, 0.1) is 18.3 Å². The summed E-state index contributed by atoms with van der Waals surface area (Å²) in [6, 6.07) is 8.00. The van der Waals surface area contributed by atoms with Gasteiger partial charge in [0.25, 0.3) is 0 Å². The lowest BCUT2D eigenvalue weighted by molar-refractivity contribution is -0.142. The number of hydrogen-bond donors (Lipinski definition) is 0. The number of nitrogens with zero attached hydrogens (tertiary/aromatic N) is 1. The third-order valence-electron chi connectivity index (χ3n) is 6.53. The van der Waals surface area contributed by atoms with E-state index in [0.717, 1.165) is 42.7 Å². The molecule has 0 bridgehead atoms. The summed E-state index contributed by atoms with van der Waals surface area (Å²) in [6.45, 7) is 9.08. The Labute approximate surface area is 178 Å². The van der Waals surface area contributed by atoms with Crippen LogP contribution in [0.15, 0.2) is 40.5 Å². The van der Waals surface area contributed by atoms with Crippen molar-refractivity contribution in [1.82, 2.24) is 0 Å². The maximum atomic E-state index is 13.3. The fraction of sp³-hybridized carbons (Fsp3) is 0.560. The van der Waals surface area contributed by atoms with E-state index in [0.29, 0.717) is 17.7 Å². The number of benzene rings is 1. The minimum atomic E-state index is -0.395. The Balaban J connectivity index is 1.74. The third-order valence-corrected chi connectivity index (χ3v) is 6.53. The van der Waals surface area contributed by atoms with Gasteiger partial charge in [-0.1, -0.05) is 38.1 Å². The van der Waals surface area contributed by atoms with Crippen LogP contribution in [0.1, 0.15) is 63.5 Å². The highest BCUT2D eigenvalue weighted by molar-refractivity contribution is 6.12. The molecule has 160 valence electrons. The number of aliphatic imine (C=N–C) groups is 1. The Morgan fingerprint density at radius 3 is 2.67 bits per heavy atom. The molecule has 4 rings (SSSR count). The van der Waals surface area contributed by atoms with Crippen molar-refractivity contribution in [2.24, 2.45) is 16.3 Å². The first kappa shape index (κ1) is 21.0. The summed E-state index contributed by atoms with van der Waals surface area (Å²) in [5.41, 5.74) is 4.05. The van der Waals surface area contributed by atoms with Gasteiger partial charge in [0.2, 0.25) is 0 Å². The van der Waals surface area contributed by atoms with Crippen LogP contribution in [-0.4, -0.2) is 36.8 Å². The van der Waals surface area contributed by atoms with E-state index in [1.54, 1.807) is 0 Å². The number of ketones is 1. The Morgan fingerprint density at radius 1 is 1.20 bits per heavy atom. The van der Waals surface area contributed by atoms with E-state index >= 15 is 0 Å². The number of fused-ring (bicyclic) bond motifs is 1. The van der Waals surface area contributed by atoms with Gasteiger partial charge in [-0.25, -0.2) is 4.79 Å². The van der Waals surface area contributed by atoms with E-state index in [9.17, 15) is 9.59 Å². The van der Waals surface area contributed by atoms with Gasteiger partial charge >= 0.3 is 5.97 Å². The van der Waals surface area contributed by atoms with Crippen LogP contribution < -0.4 is 0 Å². The zero-order valence-corrected chi connectivity index (χ0v) is 18.4. The number of rotatable bonds is 4. The molecule has 0 radical (unpaired) electrons. The first-order valence-electron chi connectivity index (χ1n) is 10.9. The Hall–Kier alpha value is -2.27. The quantitative estimate of drug-likeness (QED) is 0.685. The molecule has 1 saturated heterocycles. The summed E-state index contributed by atoms with van der Waals surface area (Å²) in [4.78, 5) is 31.3. The lowest BCUT2D eigenvalue weighted by atomic mass is 9.63. The average molecular weight is 410 g/mol. The van der Waals surface area contributed by atoms with E-state index in [4.69, 9.17) is 14.5 Å². The molecule has 3 aliphatic rings. The predicted octanol–water partition coefficient (Wildman–Crippen LogP) is 4.53. The summed E-state index contributed by atoms with van der Waals surface area (Å²) < 4.78 is 11.3. The van der Waals surface area contributed by atoms with Crippen LogP contribution in [0.4, 0.5) is 0 Å². The average Bonchev–Trinajstić information content (AvgIpc) is 3.18. The lowest BCUT2D eigenvalue weighted by Gasteiger charge is -2.41. The number of ether oxygens (including phenoxy) is 2. The van der Waals surface area contributed by atoms with Gasteiger partial charge in [-0.3, -0.25) is 9.79 Å². The molecule has 5 heteroatoms. The number of allylic oxidation sites excluding steroid dienone is 1. The smallest absolute Gasteiger partial charge is 0.336 e. The molecule has 0 aromatic heterocycles. The van der Waals surface area contributed by atoms with E-state index in [1.165, 1.54) is 0 Å².